The van der Waals surface area contributed by atoms with Crippen LogP contribution in [0.15, 0.2) is 48.5 Å². The molecule has 0 bridgehead atoms. The topological polar surface area (TPSA) is 59.8 Å². The van der Waals surface area contributed by atoms with Gasteiger partial charge < -0.3 is 9.88 Å². The highest BCUT2D eigenvalue weighted by Gasteiger charge is 2.16. The van der Waals surface area contributed by atoms with E-state index in [-0.39, 0.29) is 12.5 Å². The van der Waals surface area contributed by atoms with Crippen LogP contribution in [-0.4, -0.2) is 27.0 Å². The maximum Gasteiger partial charge on any atom is 0.240 e. The summed E-state index contributed by atoms with van der Waals surface area (Å²) in [5.74, 6) is 0.414. The molecule has 1 N–H and O–H groups in total. The predicted octanol–water partition coefficient (Wildman–Crippen LogP) is 3.51. The Kier molecular flexibility index (Phi) is 3.84. The van der Waals surface area contributed by atoms with Crippen LogP contribution in [0.4, 0.5) is 0 Å². The molecule has 25 heavy (non-hydrogen) atoms. The highest BCUT2D eigenvalue weighted by atomic mass is 16.1. The largest absolute Gasteiger partial charge is 0.354 e. The number of nitrogens with zero attached hydrogens (tertiary/aromatic N) is 3. The van der Waals surface area contributed by atoms with E-state index in [0.29, 0.717) is 12.5 Å². The summed E-state index contributed by atoms with van der Waals surface area (Å²) < 4.78 is 1.96. The third-order valence-electron chi connectivity index (χ3n) is 4.27. The maximum absolute atomic E-state index is 12.4. The van der Waals surface area contributed by atoms with Crippen molar-refractivity contribution >= 4 is 39.0 Å². The number of rotatable bonds is 4. The first-order chi connectivity index (χ1) is 12.1. The number of fused-ring (bicyclic) bond motifs is 4. The number of para-hydroxylation sites is 3. The fraction of sp³-hybridized carbons (Fsp3) is 0.250. The average molecular weight is 332 g/mol. The molecule has 0 aliphatic heterocycles. The molecule has 0 aliphatic carbocycles. The van der Waals surface area contributed by atoms with Gasteiger partial charge in [-0.1, -0.05) is 44.2 Å². The standard InChI is InChI=1S/C20H20N4O/c1-13(2)11-21-18(25)12-24-17-10-6-3-7-14(17)19-20(24)23-16-9-5-4-8-15(16)22-19/h3-10,13H,11-12H2,1-2H3,(H,21,25). The molecule has 0 saturated heterocycles. The van der Waals surface area contributed by atoms with Crippen LogP contribution < -0.4 is 5.32 Å². The Bertz CT molecular complexity index is 1080. The van der Waals surface area contributed by atoms with Crippen LogP contribution in [0, 0.1) is 5.92 Å². The summed E-state index contributed by atoms with van der Waals surface area (Å²) in [6, 6.07) is 15.8. The van der Waals surface area contributed by atoms with Gasteiger partial charge >= 0.3 is 0 Å². The van der Waals surface area contributed by atoms with E-state index in [1.54, 1.807) is 0 Å². The molecule has 5 nitrogen and oxygen atoms in total. The number of hydrogen-bond donors (Lipinski definition) is 1. The molecule has 5 heteroatoms. The van der Waals surface area contributed by atoms with Crippen LogP contribution in [0.5, 0.6) is 0 Å². The third kappa shape index (κ3) is 2.82. The van der Waals surface area contributed by atoms with E-state index in [4.69, 9.17) is 9.97 Å². The summed E-state index contributed by atoms with van der Waals surface area (Å²) in [5.41, 5.74) is 4.27. The summed E-state index contributed by atoms with van der Waals surface area (Å²) in [6.45, 7) is 5.07. The number of nitrogens with one attached hydrogen (secondary N) is 1. The molecular formula is C20H20N4O. The highest BCUT2D eigenvalue weighted by molar-refractivity contribution is 6.07. The number of amides is 1. The Labute approximate surface area is 145 Å². The van der Waals surface area contributed by atoms with Crippen LogP contribution in [0.1, 0.15) is 13.8 Å². The third-order valence-corrected chi connectivity index (χ3v) is 4.27. The van der Waals surface area contributed by atoms with Gasteiger partial charge in [0.25, 0.3) is 0 Å². The van der Waals surface area contributed by atoms with Crippen LogP contribution in [0.3, 0.4) is 0 Å². The van der Waals surface area contributed by atoms with E-state index >= 15 is 0 Å². The fourth-order valence-corrected chi connectivity index (χ4v) is 3.06. The van der Waals surface area contributed by atoms with Crippen LogP contribution >= 0.6 is 0 Å². The summed E-state index contributed by atoms with van der Waals surface area (Å²) in [4.78, 5) is 22.0. The summed E-state index contributed by atoms with van der Waals surface area (Å²) >= 11 is 0. The smallest absolute Gasteiger partial charge is 0.240 e. The van der Waals surface area contributed by atoms with Crippen LogP contribution in [-0.2, 0) is 11.3 Å². The minimum absolute atomic E-state index is 0.00804. The normalized spacial score (nSPS) is 11.6. The summed E-state index contributed by atoms with van der Waals surface area (Å²) in [5, 5.41) is 4.00. The SMILES string of the molecule is CC(C)CNC(=O)Cn1c2ccccc2c2nc3ccccc3nc21. The molecule has 0 aliphatic rings. The van der Waals surface area contributed by atoms with Crippen molar-refractivity contribution in [1.82, 2.24) is 19.9 Å². The fourth-order valence-electron chi connectivity index (χ4n) is 3.06. The van der Waals surface area contributed by atoms with Gasteiger partial charge in [0, 0.05) is 11.9 Å². The van der Waals surface area contributed by atoms with E-state index < -0.39 is 0 Å². The predicted molar refractivity (Wildman–Crippen MR) is 100 cm³/mol. The van der Waals surface area contributed by atoms with Crippen molar-refractivity contribution in [3.63, 3.8) is 0 Å². The maximum atomic E-state index is 12.4. The summed E-state index contributed by atoms with van der Waals surface area (Å²) in [7, 11) is 0. The lowest BCUT2D eigenvalue weighted by molar-refractivity contribution is -0.121. The molecule has 0 radical (unpaired) electrons. The van der Waals surface area contributed by atoms with Crippen molar-refractivity contribution < 1.29 is 4.79 Å². The molecule has 1 amide bonds. The minimum Gasteiger partial charge on any atom is -0.354 e. The van der Waals surface area contributed by atoms with Gasteiger partial charge in [-0.2, -0.15) is 0 Å². The Balaban J connectivity index is 1.88. The van der Waals surface area contributed by atoms with E-state index in [0.717, 1.165) is 33.1 Å². The number of aromatic nitrogens is 3. The van der Waals surface area contributed by atoms with Crippen molar-refractivity contribution in [3.8, 4) is 0 Å². The minimum atomic E-state index is -0.00804. The molecule has 2 heterocycles. The molecule has 126 valence electrons. The first-order valence-corrected chi connectivity index (χ1v) is 8.54. The van der Waals surface area contributed by atoms with Gasteiger partial charge in [0.2, 0.25) is 5.91 Å². The molecule has 0 unspecified atom stereocenters. The second-order valence-electron chi connectivity index (χ2n) is 6.69. The second-order valence-corrected chi connectivity index (χ2v) is 6.69. The number of carbonyl (C=O) groups excluding carboxylic acids is 1. The van der Waals surface area contributed by atoms with Crippen molar-refractivity contribution in [2.24, 2.45) is 5.92 Å². The molecule has 2 aromatic carbocycles. The Morgan fingerprint density at radius 1 is 1.04 bits per heavy atom. The van der Waals surface area contributed by atoms with E-state index in [1.807, 2.05) is 53.1 Å². The molecule has 0 atom stereocenters. The Morgan fingerprint density at radius 2 is 1.72 bits per heavy atom. The first kappa shape index (κ1) is 15.6. The monoisotopic (exact) mass is 332 g/mol. The Hall–Kier alpha value is -2.95. The van der Waals surface area contributed by atoms with Crippen molar-refractivity contribution in [2.45, 2.75) is 20.4 Å². The van der Waals surface area contributed by atoms with Gasteiger partial charge in [-0.15, -0.1) is 0 Å². The average Bonchev–Trinajstić information content (AvgIpc) is 2.91. The van der Waals surface area contributed by atoms with Gasteiger partial charge in [-0.25, -0.2) is 9.97 Å². The number of benzene rings is 2. The molecule has 2 aromatic heterocycles. The van der Waals surface area contributed by atoms with Gasteiger partial charge in [0.15, 0.2) is 5.65 Å². The Morgan fingerprint density at radius 3 is 2.48 bits per heavy atom. The number of carbonyl (C=O) groups is 1. The molecular weight excluding hydrogens is 312 g/mol. The molecule has 4 rings (SSSR count). The van der Waals surface area contributed by atoms with Crippen LogP contribution in [0.25, 0.3) is 33.1 Å². The number of hydrogen-bond acceptors (Lipinski definition) is 3. The van der Waals surface area contributed by atoms with Crippen molar-refractivity contribution in [2.75, 3.05) is 6.54 Å². The van der Waals surface area contributed by atoms with Gasteiger partial charge in [0.05, 0.1) is 16.6 Å². The molecule has 0 saturated carbocycles. The zero-order valence-corrected chi connectivity index (χ0v) is 14.4. The molecule has 4 aromatic rings. The zero-order valence-electron chi connectivity index (χ0n) is 14.4. The second kappa shape index (κ2) is 6.16. The van der Waals surface area contributed by atoms with E-state index in [9.17, 15) is 4.79 Å². The van der Waals surface area contributed by atoms with E-state index in [1.165, 1.54) is 0 Å². The quantitative estimate of drug-likeness (QED) is 0.622. The lowest BCUT2D eigenvalue weighted by Crippen LogP contribution is -2.30. The van der Waals surface area contributed by atoms with Crippen molar-refractivity contribution in [1.29, 1.82) is 0 Å². The van der Waals surface area contributed by atoms with Crippen LogP contribution in [0.2, 0.25) is 0 Å². The lowest BCUT2D eigenvalue weighted by Gasteiger charge is -2.10. The molecule has 0 fully saturated rings. The molecule has 0 spiro atoms. The van der Waals surface area contributed by atoms with Gasteiger partial charge in [0.1, 0.15) is 12.1 Å². The van der Waals surface area contributed by atoms with Gasteiger partial charge in [-0.05, 0) is 24.1 Å². The van der Waals surface area contributed by atoms with E-state index in [2.05, 4.69) is 19.2 Å². The lowest BCUT2D eigenvalue weighted by atomic mass is 10.2. The summed E-state index contributed by atoms with van der Waals surface area (Å²) in [6.07, 6.45) is 0. The first-order valence-electron chi connectivity index (χ1n) is 8.54. The zero-order chi connectivity index (χ0) is 17.4. The highest BCUT2D eigenvalue weighted by Crippen LogP contribution is 2.27. The van der Waals surface area contributed by atoms with Crippen molar-refractivity contribution in [3.05, 3.63) is 48.5 Å². The van der Waals surface area contributed by atoms with Gasteiger partial charge in [-0.3, -0.25) is 4.79 Å².